The third-order valence-corrected chi connectivity index (χ3v) is 5.68. The number of aliphatic hydroxyl groups is 2. The van der Waals surface area contributed by atoms with Gasteiger partial charge in [-0.15, -0.1) is 9.24 Å². The zero-order valence-corrected chi connectivity index (χ0v) is 22.0. The molecule has 35 heavy (non-hydrogen) atoms. The normalized spacial score (nSPS) is 11.5. The predicted octanol–water partition coefficient (Wildman–Crippen LogP) is 4.31. The number of rotatable bonds is 6. The molecular formula is C25H33FN5O2PS. The summed E-state index contributed by atoms with van der Waals surface area (Å²) in [4.78, 5) is 4.45. The second-order valence-electron chi connectivity index (χ2n) is 6.97. The Hall–Kier alpha value is -3.10. The number of nitrogens with two attached hydrogens (primary N) is 3. The van der Waals surface area contributed by atoms with Crippen molar-refractivity contribution >= 4 is 48.8 Å². The van der Waals surface area contributed by atoms with Crippen LogP contribution in [0.1, 0.15) is 30.5 Å². The van der Waals surface area contributed by atoms with E-state index < -0.39 is 0 Å². The standard InChI is InChI=1S/C22H22FN4OPS.C2H6.CH5NO/c1-12-8-13(2-4-17(12)23)9-16(21(28)20(25)14-6-7-30-11-14)22(26)27-18-5-3-15(24)10-19(18)29;1-2;2-1-3/h2-8,10-11,25,28H,9,24,29H2,1H3,(H2,26,27);1-2H3;3H,1-2H2/b21-16-,25-20?;;. The fraction of sp³-hybridized carbons (Fsp3) is 0.200. The molecule has 1 heterocycles. The third-order valence-electron chi connectivity index (χ3n) is 4.54. The molecule has 0 spiro atoms. The molecule has 0 fully saturated rings. The number of anilines is 1. The summed E-state index contributed by atoms with van der Waals surface area (Å²) in [7, 11) is 2.55. The van der Waals surface area contributed by atoms with E-state index in [1.165, 1.54) is 17.4 Å². The number of aryl methyl sites for hydroxylation is 1. The molecule has 0 saturated heterocycles. The number of amidine groups is 1. The number of aliphatic imine (C=N–C) groups is 1. The van der Waals surface area contributed by atoms with Crippen molar-refractivity contribution in [3.05, 3.63) is 87.1 Å². The molecule has 1 aromatic heterocycles. The summed E-state index contributed by atoms with van der Waals surface area (Å²) in [5.74, 6) is -0.504. The van der Waals surface area contributed by atoms with Crippen LogP contribution in [-0.4, -0.2) is 28.5 Å². The third kappa shape index (κ3) is 8.88. The van der Waals surface area contributed by atoms with Crippen LogP contribution in [0, 0.1) is 18.2 Å². The van der Waals surface area contributed by atoms with Crippen molar-refractivity contribution in [2.75, 3.05) is 12.5 Å². The molecule has 0 aliphatic carbocycles. The average molecular weight is 518 g/mol. The molecule has 0 radical (unpaired) electrons. The van der Waals surface area contributed by atoms with Gasteiger partial charge < -0.3 is 27.4 Å². The number of benzene rings is 2. The Kier molecular flexibility index (Phi) is 12.8. The second kappa shape index (κ2) is 15.0. The van der Waals surface area contributed by atoms with E-state index in [0.717, 1.165) is 10.9 Å². The van der Waals surface area contributed by atoms with Gasteiger partial charge in [-0.05, 0) is 59.1 Å². The monoisotopic (exact) mass is 517 g/mol. The molecule has 0 aliphatic heterocycles. The van der Waals surface area contributed by atoms with Gasteiger partial charge in [0.05, 0.1) is 12.4 Å². The van der Waals surface area contributed by atoms with Gasteiger partial charge >= 0.3 is 0 Å². The number of allylic oxidation sites excluding steroid dienone is 1. The Labute approximate surface area is 211 Å². The smallest absolute Gasteiger partial charge is 0.148 e. The Bertz CT molecular complexity index is 1180. The summed E-state index contributed by atoms with van der Waals surface area (Å²) in [5, 5.41) is 31.0. The number of nitrogens with zero attached hydrogens (tertiary/aromatic N) is 1. The zero-order valence-electron chi connectivity index (χ0n) is 20.0. The van der Waals surface area contributed by atoms with Gasteiger partial charge in [-0.25, -0.2) is 9.38 Å². The van der Waals surface area contributed by atoms with Crippen molar-refractivity contribution in [3.8, 4) is 0 Å². The first-order valence-electron chi connectivity index (χ1n) is 10.8. The lowest BCUT2D eigenvalue weighted by atomic mass is 9.98. The molecule has 1 atom stereocenters. The molecule has 3 aromatic rings. The first kappa shape index (κ1) is 29.9. The van der Waals surface area contributed by atoms with Gasteiger partial charge in [0, 0.05) is 28.6 Å². The molecule has 0 aliphatic rings. The van der Waals surface area contributed by atoms with Gasteiger partial charge in [-0.2, -0.15) is 11.3 Å². The van der Waals surface area contributed by atoms with Crippen LogP contribution in [0.5, 0.6) is 0 Å². The van der Waals surface area contributed by atoms with Crippen LogP contribution < -0.4 is 22.5 Å². The Balaban J connectivity index is 0.00000114. The molecule has 1 unspecified atom stereocenters. The average Bonchev–Trinajstić information content (AvgIpc) is 3.37. The van der Waals surface area contributed by atoms with E-state index in [2.05, 4.69) is 20.0 Å². The Morgan fingerprint density at radius 2 is 1.83 bits per heavy atom. The van der Waals surface area contributed by atoms with Crippen molar-refractivity contribution in [2.45, 2.75) is 27.2 Å². The van der Waals surface area contributed by atoms with Crippen LogP contribution in [0.25, 0.3) is 0 Å². The van der Waals surface area contributed by atoms with Crippen LogP contribution in [0.4, 0.5) is 15.8 Å². The summed E-state index contributed by atoms with van der Waals surface area (Å²) < 4.78 is 13.7. The van der Waals surface area contributed by atoms with Gasteiger partial charge in [0.15, 0.2) is 0 Å². The molecule has 0 amide bonds. The first-order valence-corrected chi connectivity index (χ1v) is 12.3. The van der Waals surface area contributed by atoms with Crippen molar-refractivity contribution in [2.24, 2.45) is 16.5 Å². The lowest BCUT2D eigenvalue weighted by Gasteiger charge is -2.13. The van der Waals surface area contributed by atoms with Crippen LogP contribution >= 0.6 is 20.6 Å². The number of aliphatic hydroxyl groups excluding tert-OH is 2. The molecule has 0 bridgehead atoms. The number of nitrogens with one attached hydrogen (secondary N) is 1. The van der Waals surface area contributed by atoms with E-state index >= 15 is 0 Å². The highest BCUT2D eigenvalue weighted by atomic mass is 32.1. The minimum Gasteiger partial charge on any atom is -0.505 e. The van der Waals surface area contributed by atoms with Gasteiger partial charge in [0.25, 0.3) is 0 Å². The molecule has 188 valence electrons. The van der Waals surface area contributed by atoms with Gasteiger partial charge in [0.1, 0.15) is 23.1 Å². The van der Waals surface area contributed by atoms with Crippen LogP contribution in [0.2, 0.25) is 0 Å². The quantitative estimate of drug-likeness (QED) is 0.0718. The number of thiophene rings is 1. The number of halogens is 1. The maximum atomic E-state index is 13.7. The maximum absolute atomic E-state index is 13.7. The predicted molar refractivity (Wildman–Crippen MR) is 150 cm³/mol. The van der Waals surface area contributed by atoms with Crippen molar-refractivity contribution in [1.29, 1.82) is 5.41 Å². The highest BCUT2D eigenvalue weighted by molar-refractivity contribution is 7.28. The minimum atomic E-state index is -0.310. The van der Waals surface area contributed by atoms with Crippen LogP contribution in [-0.2, 0) is 6.42 Å². The van der Waals surface area contributed by atoms with E-state index in [4.69, 9.17) is 22.0 Å². The highest BCUT2D eigenvalue weighted by Crippen LogP contribution is 2.21. The summed E-state index contributed by atoms with van der Waals surface area (Å²) >= 11 is 1.43. The Morgan fingerprint density at radius 1 is 1.17 bits per heavy atom. The number of hydrogen-bond acceptors (Lipinski definition) is 7. The first-order chi connectivity index (χ1) is 16.7. The lowest BCUT2D eigenvalue weighted by Crippen LogP contribution is -2.21. The molecule has 0 saturated carbocycles. The summed E-state index contributed by atoms with van der Waals surface area (Å²) in [6, 6.07) is 11.6. The minimum absolute atomic E-state index is 0.0494. The van der Waals surface area contributed by atoms with Gasteiger partial charge in [-0.1, -0.05) is 26.0 Å². The van der Waals surface area contributed by atoms with Crippen molar-refractivity contribution < 1.29 is 14.6 Å². The molecule has 2 aromatic carbocycles. The summed E-state index contributed by atoms with van der Waals surface area (Å²) in [6.07, 6.45) is 0.190. The summed E-state index contributed by atoms with van der Waals surface area (Å²) in [5.41, 5.74) is 19.7. The highest BCUT2D eigenvalue weighted by Gasteiger charge is 2.18. The summed E-state index contributed by atoms with van der Waals surface area (Å²) in [6.45, 7) is 5.42. The fourth-order valence-corrected chi connectivity index (χ4v) is 3.88. The maximum Gasteiger partial charge on any atom is 0.148 e. The lowest BCUT2D eigenvalue weighted by molar-refractivity contribution is 0.307. The Morgan fingerprint density at radius 3 is 2.37 bits per heavy atom. The van der Waals surface area contributed by atoms with E-state index in [0.29, 0.717) is 28.1 Å². The fourth-order valence-electron chi connectivity index (χ4n) is 2.88. The van der Waals surface area contributed by atoms with Gasteiger partial charge in [-0.3, -0.25) is 5.41 Å². The molecule has 3 rings (SSSR count). The molecule has 9 N–H and O–H groups in total. The second-order valence-corrected chi connectivity index (χ2v) is 8.37. The van der Waals surface area contributed by atoms with E-state index in [-0.39, 0.29) is 36.3 Å². The molecular weight excluding hydrogens is 484 g/mol. The molecule has 10 heteroatoms. The zero-order chi connectivity index (χ0) is 26.5. The van der Waals surface area contributed by atoms with Crippen LogP contribution in [0.15, 0.2) is 69.5 Å². The molecule has 7 nitrogen and oxygen atoms in total. The van der Waals surface area contributed by atoms with E-state index in [9.17, 15) is 9.50 Å². The van der Waals surface area contributed by atoms with E-state index in [1.54, 1.807) is 48.7 Å². The van der Waals surface area contributed by atoms with Crippen molar-refractivity contribution in [3.63, 3.8) is 0 Å². The van der Waals surface area contributed by atoms with E-state index in [1.807, 2.05) is 19.2 Å². The number of nitrogen functional groups attached to an aromatic ring is 1. The van der Waals surface area contributed by atoms with Crippen molar-refractivity contribution in [1.82, 2.24) is 0 Å². The van der Waals surface area contributed by atoms with Gasteiger partial charge in [0.2, 0.25) is 0 Å². The number of hydrogen-bond donors (Lipinski definition) is 6. The SMILES string of the molecule is CC.Cc1cc(C/C(C(N)=Nc2ccc(N)cc2P)=C(/O)C(=N)c2ccsc2)ccc1F.NCO. The van der Waals surface area contributed by atoms with Crippen LogP contribution in [0.3, 0.4) is 0 Å². The largest absolute Gasteiger partial charge is 0.505 e. The topological polar surface area (TPSA) is 155 Å².